The minimum atomic E-state index is -0.111. The van der Waals surface area contributed by atoms with Crippen LogP contribution in [0.4, 0.5) is 5.69 Å². The van der Waals surface area contributed by atoms with E-state index < -0.39 is 0 Å². The summed E-state index contributed by atoms with van der Waals surface area (Å²) in [6, 6.07) is 16.7. The number of nitrogens with zero attached hydrogens (tertiary/aromatic N) is 3. The monoisotopic (exact) mass is 318 g/mol. The highest BCUT2D eigenvalue weighted by Gasteiger charge is 2.13. The summed E-state index contributed by atoms with van der Waals surface area (Å²) in [7, 11) is 0. The Labute approximate surface area is 140 Å². The predicted molar refractivity (Wildman–Crippen MR) is 93.5 cm³/mol. The molecule has 0 bridgehead atoms. The molecule has 5 heteroatoms. The third kappa shape index (κ3) is 3.28. The Kier molecular flexibility index (Phi) is 4.57. The van der Waals surface area contributed by atoms with Gasteiger partial charge in [0.15, 0.2) is 0 Å². The summed E-state index contributed by atoms with van der Waals surface area (Å²) >= 11 is 0. The second-order valence-corrected chi connectivity index (χ2v) is 5.59. The molecule has 0 aliphatic heterocycles. The fourth-order valence-corrected chi connectivity index (χ4v) is 2.69. The summed E-state index contributed by atoms with van der Waals surface area (Å²) in [5.74, 6) is 0.814. The molecule has 2 aromatic carbocycles. The average Bonchev–Trinajstić information content (AvgIpc) is 2.93. The number of hydrogen-bond donors (Lipinski definition) is 1. The Bertz CT molecular complexity index is 903. The van der Waals surface area contributed by atoms with Crippen LogP contribution < -0.4 is 5.32 Å². The Hall–Kier alpha value is -3.13. The molecule has 3 aromatic rings. The van der Waals surface area contributed by atoms with Crippen LogP contribution >= 0.6 is 0 Å². The SMILES string of the molecule is CCCc1nc2ccccc2n1CC(=O)Nc1ccc(C#N)cc1. The van der Waals surface area contributed by atoms with E-state index >= 15 is 0 Å². The van der Waals surface area contributed by atoms with Gasteiger partial charge in [-0.25, -0.2) is 4.98 Å². The molecule has 120 valence electrons. The summed E-state index contributed by atoms with van der Waals surface area (Å²) in [6.45, 7) is 2.32. The van der Waals surface area contributed by atoms with Crippen LogP contribution in [-0.2, 0) is 17.8 Å². The molecule has 0 radical (unpaired) electrons. The third-order valence-corrected chi connectivity index (χ3v) is 3.81. The number of aryl methyl sites for hydroxylation is 1. The second kappa shape index (κ2) is 6.97. The second-order valence-electron chi connectivity index (χ2n) is 5.59. The van der Waals surface area contributed by atoms with Crippen LogP contribution in [0.2, 0.25) is 0 Å². The first kappa shape index (κ1) is 15.8. The topological polar surface area (TPSA) is 70.7 Å². The first-order valence-electron chi connectivity index (χ1n) is 7.95. The molecule has 0 unspecified atom stereocenters. The molecule has 24 heavy (non-hydrogen) atoms. The first-order valence-corrected chi connectivity index (χ1v) is 7.95. The van der Waals surface area contributed by atoms with Gasteiger partial charge in [0.05, 0.1) is 22.7 Å². The zero-order valence-corrected chi connectivity index (χ0v) is 13.5. The van der Waals surface area contributed by atoms with E-state index in [4.69, 9.17) is 5.26 Å². The molecule has 0 saturated carbocycles. The number of aromatic nitrogens is 2. The number of amides is 1. The van der Waals surface area contributed by atoms with Gasteiger partial charge in [0.1, 0.15) is 12.4 Å². The van der Waals surface area contributed by atoms with Gasteiger partial charge >= 0.3 is 0 Å². The highest BCUT2D eigenvalue weighted by Crippen LogP contribution is 2.17. The molecule has 3 rings (SSSR count). The lowest BCUT2D eigenvalue weighted by Crippen LogP contribution is -2.20. The standard InChI is InChI=1S/C19H18N4O/c1-2-5-18-22-16-6-3-4-7-17(16)23(18)13-19(24)21-15-10-8-14(12-20)9-11-15/h3-4,6-11H,2,5,13H2,1H3,(H,21,24). The zero-order valence-electron chi connectivity index (χ0n) is 13.5. The predicted octanol–water partition coefficient (Wildman–Crippen LogP) is 3.50. The molecule has 0 aliphatic rings. The molecule has 1 aromatic heterocycles. The maximum Gasteiger partial charge on any atom is 0.244 e. The lowest BCUT2D eigenvalue weighted by Gasteiger charge is -2.10. The normalized spacial score (nSPS) is 10.5. The molecule has 0 aliphatic carbocycles. The minimum absolute atomic E-state index is 0.111. The Balaban J connectivity index is 1.81. The van der Waals surface area contributed by atoms with Crippen molar-refractivity contribution >= 4 is 22.6 Å². The van der Waals surface area contributed by atoms with Crippen molar-refractivity contribution in [3.05, 3.63) is 59.9 Å². The van der Waals surface area contributed by atoms with E-state index in [1.165, 1.54) is 0 Å². The molecule has 1 N–H and O–H groups in total. The number of nitrogens with one attached hydrogen (secondary N) is 1. The highest BCUT2D eigenvalue weighted by atomic mass is 16.1. The fraction of sp³-hybridized carbons (Fsp3) is 0.211. The largest absolute Gasteiger partial charge is 0.325 e. The van der Waals surface area contributed by atoms with Crippen molar-refractivity contribution in [2.75, 3.05) is 5.32 Å². The van der Waals surface area contributed by atoms with Crippen molar-refractivity contribution in [2.45, 2.75) is 26.3 Å². The van der Waals surface area contributed by atoms with Crippen molar-refractivity contribution in [3.8, 4) is 6.07 Å². The highest BCUT2D eigenvalue weighted by molar-refractivity contribution is 5.91. The Morgan fingerprint density at radius 2 is 1.96 bits per heavy atom. The number of carbonyl (C=O) groups excluding carboxylic acids is 1. The number of rotatable bonds is 5. The maximum absolute atomic E-state index is 12.4. The van der Waals surface area contributed by atoms with Crippen LogP contribution in [0.15, 0.2) is 48.5 Å². The van der Waals surface area contributed by atoms with Gasteiger partial charge in [-0.1, -0.05) is 19.1 Å². The Morgan fingerprint density at radius 3 is 2.67 bits per heavy atom. The van der Waals surface area contributed by atoms with E-state index in [0.29, 0.717) is 11.3 Å². The molecule has 0 spiro atoms. The van der Waals surface area contributed by atoms with Crippen molar-refractivity contribution in [3.63, 3.8) is 0 Å². The molecular formula is C19H18N4O. The lowest BCUT2D eigenvalue weighted by molar-refractivity contribution is -0.116. The van der Waals surface area contributed by atoms with Gasteiger partial charge in [0.25, 0.3) is 0 Å². The number of nitriles is 1. The number of para-hydroxylation sites is 2. The van der Waals surface area contributed by atoms with Crippen LogP contribution in [-0.4, -0.2) is 15.5 Å². The number of fused-ring (bicyclic) bond motifs is 1. The van der Waals surface area contributed by atoms with Gasteiger partial charge in [-0.2, -0.15) is 5.26 Å². The van der Waals surface area contributed by atoms with Gasteiger partial charge < -0.3 is 9.88 Å². The first-order chi connectivity index (χ1) is 11.7. The van der Waals surface area contributed by atoms with E-state index in [1.54, 1.807) is 24.3 Å². The van der Waals surface area contributed by atoms with E-state index in [-0.39, 0.29) is 12.5 Å². The minimum Gasteiger partial charge on any atom is -0.325 e. The van der Waals surface area contributed by atoms with Crippen molar-refractivity contribution in [1.29, 1.82) is 5.26 Å². The average molecular weight is 318 g/mol. The van der Waals surface area contributed by atoms with E-state index in [9.17, 15) is 4.79 Å². The summed E-state index contributed by atoms with van der Waals surface area (Å²) in [5, 5.41) is 11.7. The van der Waals surface area contributed by atoms with Crippen molar-refractivity contribution in [2.24, 2.45) is 0 Å². The van der Waals surface area contributed by atoms with Crippen LogP contribution in [0.25, 0.3) is 11.0 Å². The molecule has 0 fully saturated rings. The molecule has 5 nitrogen and oxygen atoms in total. The lowest BCUT2D eigenvalue weighted by atomic mass is 10.2. The van der Waals surface area contributed by atoms with Gasteiger partial charge in [-0.3, -0.25) is 4.79 Å². The molecule has 1 heterocycles. The number of carbonyl (C=O) groups is 1. The molecule has 0 saturated heterocycles. The van der Waals surface area contributed by atoms with Gasteiger partial charge in [0.2, 0.25) is 5.91 Å². The van der Waals surface area contributed by atoms with E-state index in [0.717, 1.165) is 29.7 Å². The molecule has 1 amide bonds. The van der Waals surface area contributed by atoms with Crippen LogP contribution in [0.3, 0.4) is 0 Å². The van der Waals surface area contributed by atoms with E-state index in [2.05, 4.69) is 23.3 Å². The van der Waals surface area contributed by atoms with Crippen LogP contribution in [0, 0.1) is 11.3 Å². The summed E-state index contributed by atoms with van der Waals surface area (Å²) in [5.41, 5.74) is 3.13. The van der Waals surface area contributed by atoms with Crippen molar-refractivity contribution < 1.29 is 4.79 Å². The van der Waals surface area contributed by atoms with E-state index in [1.807, 2.05) is 28.8 Å². The Morgan fingerprint density at radius 1 is 1.21 bits per heavy atom. The van der Waals surface area contributed by atoms with Gasteiger partial charge in [-0.05, 0) is 42.8 Å². The number of imidazole rings is 1. The smallest absolute Gasteiger partial charge is 0.244 e. The summed E-state index contributed by atoms with van der Waals surface area (Å²) in [4.78, 5) is 17.0. The van der Waals surface area contributed by atoms with Crippen molar-refractivity contribution in [1.82, 2.24) is 9.55 Å². The van der Waals surface area contributed by atoms with Gasteiger partial charge in [0, 0.05) is 12.1 Å². The zero-order chi connectivity index (χ0) is 16.9. The number of hydrogen-bond acceptors (Lipinski definition) is 3. The molecular weight excluding hydrogens is 300 g/mol. The van der Waals surface area contributed by atoms with Crippen LogP contribution in [0.5, 0.6) is 0 Å². The summed E-state index contributed by atoms with van der Waals surface area (Å²) in [6.07, 6.45) is 1.80. The third-order valence-electron chi connectivity index (χ3n) is 3.81. The fourth-order valence-electron chi connectivity index (χ4n) is 2.69. The van der Waals surface area contributed by atoms with Crippen LogP contribution in [0.1, 0.15) is 24.7 Å². The van der Waals surface area contributed by atoms with Gasteiger partial charge in [-0.15, -0.1) is 0 Å². The summed E-state index contributed by atoms with van der Waals surface area (Å²) < 4.78 is 1.97. The number of benzene rings is 2. The quantitative estimate of drug-likeness (QED) is 0.782. The molecule has 0 atom stereocenters. The number of anilines is 1. The maximum atomic E-state index is 12.4.